The third-order valence-electron chi connectivity index (χ3n) is 4.29. The molecule has 1 heterocycles. The Hall–Kier alpha value is -2.90. The number of carbonyl (C=O) groups is 1. The maximum absolute atomic E-state index is 12.9. The summed E-state index contributed by atoms with van der Waals surface area (Å²) in [5.74, 6) is 0.297. The van der Waals surface area contributed by atoms with Gasteiger partial charge in [0.15, 0.2) is 0 Å². The lowest BCUT2D eigenvalue weighted by Crippen LogP contribution is -2.30. The van der Waals surface area contributed by atoms with E-state index in [2.05, 4.69) is 4.72 Å². The third kappa shape index (κ3) is 4.88. The molecule has 0 radical (unpaired) electrons. The normalized spacial score (nSPS) is 11.3. The van der Waals surface area contributed by atoms with Crippen molar-refractivity contribution in [1.29, 1.82) is 0 Å². The molecule has 0 spiro atoms. The van der Waals surface area contributed by atoms with Crippen molar-refractivity contribution in [2.45, 2.75) is 24.9 Å². The number of hydrogen-bond acceptors (Lipinski definition) is 4. The molecule has 0 bridgehead atoms. The van der Waals surface area contributed by atoms with E-state index in [1.54, 1.807) is 29.2 Å². The summed E-state index contributed by atoms with van der Waals surface area (Å²) in [6, 6.07) is 19.1. The van der Waals surface area contributed by atoms with Gasteiger partial charge in [-0.3, -0.25) is 4.79 Å². The molecule has 146 valence electrons. The predicted octanol–water partition coefficient (Wildman–Crippen LogP) is 3.42. The second kappa shape index (κ2) is 8.86. The Bertz CT molecular complexity index is 1020. The zero-order chi connectivity index (χ0) is 20.0. The van der Waals surface area contributed by atoms with Crippen LogP contribution in [0.1, 0.15) is 28.6 Å². The number of sulfonamides is 1. The zero-order valence-corrected chi connectivity index (χ0v) is 16.4. The van der Waals surface area contributed by atoms with Crippen LogP contribution in [0.5, 0.6) is 0 Å². The van der Waals surface area contributed by atoms with Gasteiger partial charge in [-0.1, -0.05) is 36.4 Å². The van der Waals surface area contributed by atoms with Crippen molar-refractivity contribution in [2.75, 3.05) is 6.54 Å². The Morgan fingerprint density at radius 3 is 2.50 bits per heavy atom. The van der Waals surface area contributed by atoms with Gasteiger partial charge in [-0.25, -0.2) is 13.1 Å². The summed E-state index contributed by atoms with van der Waals surface area (Å²) in [5.41, 5.74) is 1.35. The summed E-state index contributed by atoms with van der Waals surface area (Å²) in [7, 11) is -3.76. The molecule has 2 aromatic carbocycles. The molecule has 6 nitrogen and oxygen atoms in total. The number of hydrogen-bond donors (Lipinski definition) is 1. The smallest absolute Gasteiger partial charge is 0.254 e. The van der Waals surface area contributed by atoms with Crippen LogP contribution < -0.4 is 4.72 Å². The summed E-state index contributed by atoms with van der Waals surface area (Å²) in [5, 5.41) is 0. The first-order chi connectivity index (χ1) is 13.5. The van der Waals surface area contributed by atoms with E-state index in [1.165, 1.54) is 18.4 Å². The molecule has 0 unspecified atom stereocenters. The molecule has 1 aromatic heterocycles. The molecular formula is C21H22N2O4S. The van der Waals surface area contributed by atoms with Crippen LogP contribution in [0.2, 0.25) is 0 Å². The molecule has 3 rings (SSSR count). The molecule has 7 heteroatoms. The van der Waals surface area contributed by atoms with Gasteiger partial charge in [-0.05, 0) is 42.8 Å². The molecule has 0 aliphatic heterocycles. The van der Waals surface area contributed by atoms with Crippen LogP contribution in [0.3, 0.4) is 0 Å². The average molecular weight is 398 g/mol. The largest absolute Gasteiger partial charge is 0.468 e. The van der Waals surface area contributed by atoms with Crippen LogP contribution in [0.4, 0.5) is 0 Å². The van der Waals surface area contributed by atoms with E-state index in [4.69, 9.17) is 4.42 Å². The van der Waals surface area contributed by atoms with Crippen LogP contribution >= 0.6 is 0 Å². The van der Waals surface area contributed by atoms with Gasteiger partial charge in [0.25, 0.3) is 5.91 Å². The quantitative estimate of drug-likeness (QED) is 0.631. The van der Waals surface area contributed by atoms with Crippen molar-refractivity contribution in [3.8, 4) is 0 Å². The molecule has 0 fully saturated rings. The second-order valence-corrected chi connectivity index (χ2v) is 8.00. The molecule has 3 aromatic rings. The SMILES string of the molecule is CCN(Cc1ccccc1)C(=O)c1cccc(S(=O)(=O)NCc2ccco2)c1. The Morgan fingerprint density at radius 1 is 1.04 bits per heavy atom. The highest BCUT2D eigenvalue weighted by Crippen LogP contribution is 2.16. The zero-order valence-electron chi connectivity index (χ0n) is 15.5. The number of furan rings is 1. The third-order valence-corrected chi connectivity index (χ3v) is 5.69. The van der Waals surface area contributed by atoms with E-state index in [0.29, 0.717) is 24.4 Å². The van der Waals surface area contributed by atoms with Crippen molar-refractivity contribution in [3.63, 3.8) is 0 Å². The first kappa shape index (κ1) is 19.9. The fourth-order valence-electron chi connectivity index (χ4n) is 2.77. The van der Waals surface area contributed by atoms with Gasteiger partial charge in [0.1, 0.15) is 5.76 Å². The van der Waals surface area contributed by atoms with Crippen molar-refractivity contribution >= 4 is 15.9 Å². The van der Waals surface area contributed by atoms with Crippen molar-refractivity contribution in [3.05, 3.63) is 89.9 Å². The van der Waals surface area contributed by atoms with Crippen LogP contribution in [0, 0.1) is 0 Å². The van der Waals surface area contributed by atoms with Gasteiger partial charge >= 0.3 is 0 Å². The van der Waals surface area contributed by atoms with E-state index >= 15 is 0 Å². The van der Waals surface area contributed by atoms with Gasteiger partial charge in [0.2, 0.25) is 10.0 Å². The number of nitrogens with one attached hydrogen (secondary N) is 1. The molecule has 28 heavy (non-hydrogen) atoms. The van der Waals surface area contributed by atoms with E-state index in [1.807, 2.05) is 37.3 Å². The maximum Gasteiger partial charge on any atom is 0.254 e. The molecule has 0 aliphatic carbocycles. The van der Waals surface area contributed by atoms with E-state index in [-0.39, 0.29) is 17.3 Å². The van der Waals surface area contributed by atoms with Crippen LogP contribution in [0.25, 0.3) is 0 Å². The van der Waals surface area contributed by atoms with Gasteiger partial charge in [0.05, 0.1) is 17.7 Å². The highest BCUT2D eigenvalue weighted by atomic mass is 32.2. The summed E-state index contributed by atoms with van der Waals surface area (Å²) in [4.78, 5) is 14.6. The average Bonchev–Trinajstić information content (AvgIpc) is 3.25. The van der Waals surface area contributed by atoms with E-state index < -0.39 is 10.0 Å². The minimum absolute atomic E-state index is 0.0423. The topological polar surface area (TPSA) is 79.6 Å². The summed E-state index contributed by atoms with van der Waals surface area (Å²) < 4.78 is 32.7. The summed E-state index contributed by atoms with van der Waals surface area (Å²) >= 11 is 0. The van der Waals surface area contributed by atoms with Gasteiger partial charge in [0, 0.05) is 18.7 Å². The molecule has 0 saturated heterocycles. The van der Waals surface area contributed by atoms with Crippen LogP contribution in [-0.2, 0) is 23.1 Å². The van der Waals surface area contributed by atoms with Crippen molar-refractivity contribution in [2.24, 2.45) is 0 Å². The summed E-state index contributed by atoms with van der Waals surface area (Å²) in [6.07, 6.45) is 1.48. The van der Waals surface area contributed by atoms with Crippen molar-refractivity contribution < 1.29 is 17.6 Å². The van der Waals surface area contributed by atoms with E-state index in [9.17, 15) is 13.2 Å². The number of rotatable bonds is 8. The monoisotopic (exact) mass is 398 g/mol. The number of benzene rings is 2. The van der Waals surface area contributed by atoms with E-state index in [0.717, 1.165) is 5.56 Å². The predicted molar refractivity (Wildman–Crippen MR) is 106 cm³/mol. The Morgan fingerprint density at radius 2 is 1.82 bits per heavy atom. The van der Waals surface area contributed by atoms with Gasteiger partial charge in [-0.2, -0.15) is 0 Å². The molecule has 1 amide bonds. The highest BCUT2D eigenvalue weighted by molar-refractivity contribution is 7.89. The summed E-state index contributed by atoms with van der Waals surface area (Å²) in [6.45, 7) is 2.92. The van der Waals surface area contributed by atoms with Gasteiger partial charge < -0.3 is 9.32 Å². The first-order valence-electron chi connectivity index (χ1n) is 8.95. The van der Waals surface area contributed by atoms with Crippen molar-refractivity contribution in [1.82, 2.24) is 9.62 Å². The molecule has 0 aliphatic rings. The lowest BCUT2D eigenvalue weighted by Gasteiger charge is -2.21. The fourth-order valence-corrected chi connectivity index (χ4v) is 3.81. The Kier molecular flexibility index (Phi) is 6.28. The lowest BCUT2D eigenvalue weighted by atomic mass is 10.1. The van der Waals surface area contributed by atoms with Crippen LogP contribution in [-0.4, -0.2) is 25.8 Å². The maximum atomic E-state index is 12.9. The standard InChI is InChI=1S/C21H22N2O4S/c1-2-23(16-17-8-4-3-5-9-17)21(24)18-10-6-12-20(14-18)28(25,26)22-15-19-11-7-13-27-19/h3-14,22H,2,15-16H2,1H3. The number of amides is 1. The van der Waals surface area contributed by atoms with Gasteiger partial charge in [-0.15, -0.1) is 0 Å². The Balaban J connectivity index is 1.76. The molecular weight excluding hydrogens is 376 g/mol. The minimum atomic E-state index is -3.76. The van der Waals surface area contributed by atoms with Crippen LogP contribution in [0.15, 0.2) is 82.3 Å². The minimum Gasteiger partial charge on any atom is -0.468 e. The molecule has 1 N–H and O–H groups in total. The Labute approximate surface area is 164 Å². The molecule has 0 atom stereocenters. The lowest BCUT2D eigenvalue weighted by molar-refractivity contribution is 0.0752. The highest BCUT2D eigenvalue weighted by Gasteiger charge is 2.19. The second-order valence-electron chi connectivity index (χ2n) is 6.24. The first-order valence-corrected chi connectivity index (χ1v) is 10.4. The number of carbonyl (C=O) groups excluding carboxylic acids is 1. The number of nitrogens with zero attached hydrogens (tertiary/aromatic N) is 1. The molecule has 0 saturated carbocycles. The fraction of sp³-hybridized carbons (Fsp3) is 0.190.